The van der Waals surface area contributed by atoms with E-state index in [1.54, 1.807) is 0 Å². The Kier molecular flexibility index (Phi) is 3.88. The normalized spacial score (nSPS) is 15.5. The zero-order valence-electron chi connectivity index (χ0n) is 12.4. The smallest absolute Gasteiger partial charge is 0.336 e. The van der Waals surface area contributed by atoms with Crippen LogP contribution in [0.2, 0.25) is 0 Å². The van der Waals surface area contributed by atoms with Crippen molar-refractivity contribution in [3.8, 4) is 6.01 Å². The average Bonchev–Trinajstić information content (AvgIpc) is 3.05. The van der Waals surface area contributed by atoms with E-state index < -0.39 is 5.56 Å². The van der Waals surface area contributed by atoms with Gasteiger partial charge in [-0.3, -0.25) is 13.9 Å². The summed E-state index contributed by atoms with van der Waals surface area (Å²) in [4.78, 5) is 28.8. The van der Waals surface area contributed by atoms with Crippen molar-refractivity contribution < 1.29 is 4.74 Å². The standard InChI is InChI=1S/C13H18N6O3/c1-18-11(20)9-10(16-17-12(15-9)22-7-6-14)19(13(18)21)8-4-2-3-5-8/h8H,2-7,14H2,1H3. The molecule has 1 aliphatic rings. The molecule has 1 saturated carbocycles. The van der Waals surface area contributed by atoms with Gasteiger partial charge in [-0.15, -0.1) is 5.10 Å². The SMILES string of the molecule is Cn1c(=O)c2nc(OCCN)nnc2n(C2CCCC2)c1=O. The van der Waals surface area contributed by atoms with Crippen LogP contribution in [-0.2, 0) is 7.05 Å². The van der Waals surface area contributed by atoms with Gasteiger partial charge in [-0.25, -0.2) is 4.79 Å². The number of hydrogen-bond acceptors (Lipinski definition) is 7. The van der Waals surface area contributed by atoms with Crippen molar-refractivity contribution in [1.82, 2.24) is 24.3 Å². The summed E-state index contributed by atoms with van der Waals surface area (Å²) >= 11 is 0. The largest absolute Gasteiger partial charge is 0.461 e. The maximum absolute atomic E-state index is 12.4. The second-order valence-electron chi connectivity index (χ2n) is 5.36. The first-order valence-electron chi connectivity index (χ1n) is 7.32. The molecule has 2 aromatic rings. The minimum Gasteiger partial charge on any atom is -0.461 e. The van der Waals surface area contributed by atoms with Crippen LogP contribution in [0, 0.1) is 0 Å². The molecular weight excluding hydrogens is 288 g/mol. The highest BCUT2D eigenvalue weighted by Crippen LogP contribution is 2.29. The molecule has 22 heavy (non-hydrogen) atoms. The van der Waals surface area contributed by atoms with Gasteiger partial charge in [-0.1, -0.05) is 17.9 Å². The maximum atomic E-state index is 12.4. The minimum atomic E-state index is -0.498. The van der Waals surface area contributed by atoms with E-state index in [-0.39, 0.29) is 35.5 Å². The molecule has 0 bridgehead atoms. The van der Waals surface area contributed by atoms with Crippen LogP contribution in [0.4, 0.5) is 0 Å². The molecule has 1 fully saturated rings. The van der Waals surface area contributed by atoms with Crippen molar-refractivity contribution in [2.45, 2.75) is 31.7 Å². The van der Waals surface area contributed by atoms with Crippen LogP contribution < -0.4 is 21.7 Å². The Morgan fingerprint density at radius 3 is 2.68 bits per heavy atom. The fraction of sp³-hybridized carbons (Fsp3) is 0.615. The molecule has 9 nitrogen and oxygen atoms in total. The molecule has 0 unspecified atom stereocenters. The van der Waals surface area contributed by atoms with Gasteiger partial charge >= 0.3 is 11.7 Å². The van der Waals surface area contributed by atoms with Gasteiger partial charge in [0, 0.05) is 19.6 Å². The second-order valence-corrected chi connectivity index (χ2v) is 5.36. The summed E-state index contributed by atoms with van der Waals surface area (Å²) in [5.41, 5.74) is 4.80. The third kappa shape index (κ3) is 2.37. The van der Waals surface area contributed by atoms with Crippen LogP contribution >= 0.6 is 0 Å². The maximum Gasteiger partial charge on any atom is 0.336 e. The van der Waals surface area contributed by atoms with Crippen LogP contribution in [0.5, 0.6) is 6.01 Å². The fourth-order valence-electron chi connectivity index (χ4n) is 2.81. The van der Waals surface area contributed by atoms with Crippen molar-refractivity contribution in [1.29, 1.82) is 0 Å². The Bertz CT molecular complexity index is 806. The highest BCUT2D eigenvalue weighted by molar-refractivity contribution is 5.68. The van der Waals surface area contributed by atoms with Crippen molar-refractivity contribution in [2.24, 2.45) is 12.8 Å². The Morgan fingerprint density at radius 2 is 2.00 bits per heavy atom. The number of nitrogens with two attached hydrogens (primary N) is 1. The molecular formula is C13H18N6O3. The van der Waals surface area contributed by atoms with Crippen LogP contribution in [0.15, 0.2) is 9.59 Å². The van der Waals surface area contributed by atoms with E-state index in [1.807, 2.05) is 0 Å². The first-order valence-corrected chi connectivity index (χ1v) is 7.32. The Balaban J connectivity index is 2.22. The number of aromatic nitrogens is 5. The predicted octanol–water partition coefficient (Wildman–Crippen LogP) is -0.662. The van der Waals surface area contributed by atoms with E-state index in [9.17, 15) is 9.59 Å². The first-order chi connectivity index (χ1) is 10.6. The highest BCUT2D eigenvalue weighted by atomic mass is 16.5. The third-order valence-corrected chi connectivity index (χ3v) is 3.92. The molecule has 0 atom stereocenters. The first kappa shape index (κ1) is 14.6. The highest BCUT2D eigenvalue weighted by Gasteiger charge is 2.24. The van der Waals surface area contributed by atoms with Crippen LogP contribution in [0.1, 0.15) is 31.7 Å². The summed E-state index contributed by atoms with van der Waals surface area (Å²) in [6, 6.07) is 0.0281. The summed E-state index contributed by atoms with van der Waals surface area (Å²) in [6.07, 6.45) is 3.89. The number of rotatable bonds is 4. The van der Waals surface area contributed by atoms with E-state index in [1.165, 1.54) is 11.6 Å². The Morgan fingerprint density at radius 1 is 1.27 bits per heavy atom. The topological polar surface area (TPSA) is 118 Å². The van der Waals surface area contributed by atoms with E-state index >= 15 is 0 Å². The quantitative estimate of drug-likeness (QED) is 0.796. The van der Waals surface area contributed by atoms with Gasteiger partial charge in [0.05, 0.1) is 0 Å². The molecule has 1 aliphatic carbocycles. The van der Waals surface area contributed by atoms with Crippen molar-refractivity contribution >= 4 is 11.2 Å². The fourth-order valence-corrected chi connectivity index (χ4v) is 2.81. The molecule has 118 valence electrons. The van der Waals surface area contributed by atoms with Crippen molar-refractivity contribution in [3.63, 3.8) is 0 Å². The molecule has 0 saturated heterocycles. The lowest BCUT2D eigenvalue weighted by molar-refractivity contribution is 0.299. The van der Waals surface area contributed by atoms with Gasteiger partial charge in [0.15, 0.2) is 11.2 Å². The molecule has 2 N–H and O–H groups in total. The van der Waals surface area contributed by atoms with Crippen molar-refractivity contribution in [3.05, 3.63) is 20.8 Å². The van der Waals surface area contributed by atoms with Gasteiger partial charge < -0.3 is 10.5 Å². The van der Waals surface area contributed by atoms with E-state index in [0.29, 0.717) is 6.54 Å². The molecule has 0 aromatic carbocycles. The zero-order chi connectivity index (χ0) is 15.7. The summed E-state index contributed by atoms with van der Waals surface area (Å²) in [6.45, 7) is 0.538. The average molecular weight is 306 g/mol. The summed E-state index contributed by atoms with van der Waals surface area (Å²) in [5, 5.41) is 7.85. The van der Waals surface area contributed by atoms with E-state index in [4.69, 9.17) is 10.5 Å². The van der Waals surface area contributed by atoms with Crippen LogP contribution in [0.3, 0.4) is 0 Å². The number of hydrogen-bond donors (Lipinski definition) is 1. The van der Waals surface area contributed by atoms with Gasteiger partial charge in [0.1, 0.15) is 6.61 Å². The number of fused-ring (bicyclic) bond motifs is 1. The van der Waals surface area contributed by atoms with Gasteiger partial charge in [-0.05, 0) is 12.8 Å². The minimum absolute atomic E-state index is 0.00771. The molecule has 0 aliphatic heterocycles. The number of ether oxygens (including phenoxy) is 1. The van der Waals surface area contributed by atoms with E-state index in [0.717, 1.165) is 30.3 Å². The monoisotopic (exact) mass is 306 g/mol. The summed E-state index contributed by atoms with van der Waals surface area (Å²) in [7, 11) is 1.44. The number of nitrogens with zero attached hydrogens (tertiary/aromatic N) is 5. The Labute approximate surface area is 125 Å². The zero-order valence-corrected chi connectivity index (χ0v) is 12.4. The molecule has 2 aromatic heterocycles. The summed E-state index contributed by atoms with van der Waals surface area (Å²) in [5.74, 6) is 0. The molecule has 9 heteroatoms. The molecule has 0 spiro atoms. The lowest BCUT2D eigenvalue weighted by Gasteiger charge is -2.16. The Hall–Kier alpha value is -2.29. The molecule has 0 amide bonds. The van der Waals surface area contributed by atoms with Gasteiger partial charge in [0.25, 0.3) is 5.56 Å². The molecule has 0 radical (unpaired) electrons. The molecule has 2 heterocycles. The van der Waals surface area contributed by atoms with Gasteiger partial charge in [0.2, 0.25) is 0 Å². The van der Waals surface area contributed by atoms with Crippen LogP contribution in [-0.4, -0.2) is 37.5 Å². The van der Waals surface area contributed by atoms with Crippen molar-refractivity contribution in [2.75, 3.05) is 13.2 Å². The third-order valence-electron chi connectivity index (χ3n) is 3.92. The van der Waals surface area contributed by atoms with E-state index in [2.05, 4.69) is 15.2 Å². The van der Waals surface area contributed by atoms with Gasteiger partial charge in [-0.2, -0.15) is 4.98 Å². The van der Waals surface area contributed by atoms with Crippen LogP contribution in [0.25, 0.3) is 11.2 Å². The molecule has 3 rings (SSSR count). The predicted molar refractivity (Wildman–Crippen MR) is 78.9 cm³/mol. The lowest BCUT2D eigenvalue weighted by atomic mass is 10.2. The summed E-state index contributed by atoms with van der Waals surface area (Å²) < 4.78 is 7.80. The lowest BCUT2D eigenvalue weighted by Crippen LogP contribution is -2.40. The second kappa shape index (κ2) is 5.84.